The molecule has 2 saturated carbocycles. The van der Waals surface area contributed by atoms with Gasteiger partial charge in [-0.1, -0.05) is 64.6 Å². The van der Waals surface area contributed by atoms with Gasteiger partial charge in [0.1, 0.15) is 23.1 Å². The Labute approximate surface area is 1040 Å². The van der Waals surface area contributed by atoms with Crippen molar-refractivity contribution in [2.75, 3.05) is 288 Å². The SMILES string of the molecule is CC(=O)CN(CCN(CCN(CC(=O)[O-])CC(=O)C[O-])CC(=O)O)CC(=O)[O-].CC(=O)CN(CCN(CCN(CC(=O)[O-])CC(=O)C[O-])CC(=O)O)CC(=O)[O-].O=C([O-])CN1CCN(CC(=O)[O-])CCN(CC(=O)O)CCN(CC(=O)[O-])CC1.O=C([O-])CN1CCN(CC(=O)[O-])CCN(CC(=O)O)CCN(CC(=O)[O-])CC1.[CH2-]C1CCCCC1[NH-].[CH2-]C1CCCCC1[NH-].[CH3-].[CH3-].[CH3-].[CH3-].[Gd+3].[Gd+3].[Gd+3].[Gd+3].[NH2-].[NH2-].[NH2-].[NH2-].[OH-].[OH-].[Pt].[Pt].[Pt].[Pt]. The van der Waals surface area contributed by atoms with Gasteiger partial charge >= 0.3 is 184 Å². The van der Waals surface area contributed by atoms with Crippen molar-refractivity contribution in [1.29, 1.82) is 0 Å². The number of rotatable bonds is 50. The van der Waals surface area contributed by atoms with E-state index in [-0.39, 0.29) is 555 Å². The molecule has 4 radical (unpaired) electrons. The van der Waals surface area contributed by atoms with Crippen LogP contribution in [-0.4, -0.2) is 507 Å². The molecule has 146 heavy (non-hydrogen) atoms. The molecule has 2 aliphatic carbocycles. The molecule has 0 amide bonds. The maximum atomic E-state index is 11.3. The van der Waals surface area contributed by atoms with E-state index in [9.17, 15) is 148 Å². The summed E-state index contributed by atoms with van der Waals surface area (Å²) in [7, 11) is 0. The van der Waals surface area contributed by atoms with Crippen LogP contribution in [0.5, 0.6) is 0 Å². The van der Waals surface area contributed by atoms with Gasteiger partial charge in [0, 0.05) is 307 Å². The summed E-state index contributed by atoms with van der Waals surface area (Å²) in [6, 6.07) is 0.285. The second kappa shape index (κ2) is 116. The monoisotopic (exact) mass is 3400 g/mol. The third-order valence-electron chi connectivity index (χ3n) is 19.6. The Balaban J connectivity index is -0.0000000734. The van der Waals surface area contributed by atoms with Crippen LogP contribution in [0, 0.1) is 215 Å². The van der Waals surface area contributed by atoms with Crippen molar-refractivity contribution < 1.29 is 423 Å². The van der Waals surface area contributed by atoms with Gasteiger partial charge in [0.15, 0.2) is 0 Å². The molecule has 4 fully saturated rings. The minimum absolute atomic E-state index is 0. The van der Waals surface area contributed by atoms with E-state index in [2.05, 4.69) is 13.8 Å². The van der Waals surface area contributed by atoms with E-state index >= 15 is 0 Å². The average molecular weight is 3400 g/mol. The van der Waals surface area contributed by atoms with E-state index in [0.29, 0.717) is 11.8 Å². The van der Waals surface area contributed by atoms with Crippen LogP contribution in [0.4, 0.5) is 0 Å². The van der Waals surface area contributed by atoms with Gasteiger partial charge in [-0.25, -0.2) is 0 Å². The number of hydrogen-bond donors (Lipinski definition) is 4. The zero-order chi connectivity index (χ0) is 97.6. The first-order chi connectivity index (χ1) is 60.0. The molecule has 4 atom stereocenters. The molecule has 2 aliphatic heterocycles. The third-order valence-corrected chi connectivity index (χ3v) is 19.6. The zero-order valence-electron chi connectivity index (χ0n) is 82.7. The zero-order valence-corrected chi connectivity index (χ0v) is 101. The standard InChI is InChI=1S/2C16H28N4O8.2C16H26N3O9.2C7H13N.4CH3.4Gd.4H2N.2H2O.4Pt/c2*21-13(22)9-17-1-2-18(10-14(23)24)5-6-20(12-16(27)28)8-7-19(4-3-17)11-15(25)26;2*1-12(21)6-18(9-15(25)26)4-2-17(8-14(23)24)3-5-19(10-16(27)28)7-13(22)11-20;2*1-6-4-2-3-5-7(6)8;;;;;;;;;;;;;;;;;;/h2*1-12H2,(H,21,22)(H,23,24)(H,25,26)(H,27,28);2*2-11H2,1H3,(H,23,24)(H,25,26)(H,27,28);2*6-8H,1-5H2;4*1H3;;;;;6*1H2;;;;/q;;2*-1;2*-2;4*-1;4*+3;4*-1;;;;;;/p-12. The molecule has 16 N–H and O–H groups in total. The number of aliphatic carboxylic acids is 14. The van der Waals surface area contributed by atoms with E-state index in [0.717, 1.165) is 22.6 Å². The molecule has 2 heterocycles. The van der Waals surface area contributed by atoms with Crippen LogP contribution in [0.15, 0.2) is 0 Å². The maximum Gasteiger partial charge on any atom is 3.00 e. The molecule has 4 aliphatic rings. The minimum Gasteiger partial charge on any atom is -0.870 e. The number of carboxylic acids is 14. The first-order valence-electron chi connectivity index (χ1n) is 41.2. The number of carboxylic acid groups (broad SMARTS) is 14. The number of nitrogens with one attached hydrogen (secondary N) is 2. The first kappa shape index (κ1) is 192. The Morgan fingerprint density at radius 1 is 0.267 bits per heavy atom. The van der Waals surface area contributed by atoms with E-state index in [1.54, 1.807) is 29.4 Å². The number of carbonyl (C=O) groups excluding carboxylic acids is 14. The van der Waals surface area contributed by atoms with E-state index < -0.39 is 161 Å². The van der Waals surface area contributed by atoms with Crippen LogP contribution in [0.1, 0.15) is 65.2 Å². The molecule has 0 aromatic rings. The summed E-state index contributed by atoms with van der Waals surface area (Å²) in [6.45, 7) is 5.42. The van der Waals surface area contributed by atoms with Gasteiger partial charge < -0.3 is 220 Å². The van der Waals surface area contributed by atoms with Crippen molar-refractivity contribution >= 4 is 107 Å². The van der Waals surface area contributed by atoms with Gasteiger partial charge in [-0.3, -0.25) is 107 Å². The molecule has 4 unspecified atom stereocenters. The van der Waals surface area contributed by atoms with Crippen LogP contribution in [-0.2, 0) is 171 Å². The average Bonchev–Trinajstić information content (AvgIpc) is 0.905. The van der Waals surface area contributed by atoms with Crippen molar-refractivity contribution in [3.63, 3.8) is 0 Å². The number of nitrogens with two attached hydrogens (primary N) is 4. The second-order valence-corrected chi connectivity index (χ2v) is 31.0. The molecule has 0 aromatic heterocycles. The summed E-state index contributed by atoms with van der Waals surface area (Å²) in [4.78, 5) is 218. The molecular weight excluding hydrogens is 3250 g/mol. The van der Waals surface area contributed by atoms with Gasteiger partial charge in [0.2, 0.25) is 0 Å². The molecule has 876 valence electrons. The topological polar surface area (TPSA) is 952 Å². The fourth-order valence-corrected chi connectivity index (χ4v) is 13.2. The van der Waals surface area contributed by atoms with Crippen LogP contribution < -0.4 is 61.3 Å². The molecular formula is C82H146Gd4N20O36Pt4-14. The van der Waals surface area contributed by atoms with Crippen LogP contribution in [0.25, 0.3) is 36.1 Å². The maximum absolute atomic E-state index is 11.3. The molecule has 56 nitrogen and oxygen atoms in total. The van der Waals surface area contributed by atoms with Crippen molar-refractivity contribution in [3.05, 3.63) is 79.6 Å². The van der Waals surface area contributed by atoms with Crippen molar-refractivity contribution in [3.8, 4) is 0 Å². The Kier molecular flexibility index (Phi) is 152. The smallest absolute Gasteiger partial charge is 0.870 e. The van der Waals surface area contributed by atoms with E-state index in [4.69, 9.17) is 31.9 Å². The van der Waals surface area contributed by atoms with Gasteiger partial charge in [-0.15, -0.1) is 0 Å². The van der Waals surface area contributed by atoms with Crippen LogP contribution in [0.3, 0.4) is 0 Å². The van der Waals surface area contributed by atoms with Crippen LogP contribution in [0.2, 0.25) is 0 Å². The first-order valence-corrected chi connectivity index (χ1v) is 41.2. The Hall–Kier alpha value is -1.65. The summed E-state index contributed by atoms with van der Waals surface area (Å²) in [5, 5.41) is 166. The Morgan fingerprint density at radius 2 is 0.425 bits per heavy atom. The Morgan fingerprint density at radius 3 is 0.548 bits per heavy atom. The fraction of sp³-hybridized carbons (Fsp3) is 0.707. The van der Waals surface area contributed by atoms with Crippen molar-refractivity contribution in [2.24, 2.45) is 11.8 Å². The van der Waals surface area contributed by atoms with Crippen molar-refractivity contribution in [1.82, 2.24) is 68.6 Å². The summed E-state index contributed by atoms with van der Waals surface area (Å²) in [5.41, 5.74) is 14.8. The summed E-state index contributed by atoms with van der Waals surface area (Å²) in [6.07, 6.45) is 9.60. The molecule has 0 aromatic carbocycles. The largest absolute Gasteiger partial charge is 3.00 e. The number of hydrogen-bond acceptors (Lipinski definition) is 46. The minimum atomic E-state index is -1.45. The van der Waals surface area contributed by atoms with Gasteiger partial charge in [-0.05, 0) is 13.8 Å². The number of carbonyl (C=O) groups is 18. The van der Waals surface area contributed by atoms with Gasteiger partial charge in [0.25, 0.3) is 0 Å². The quantitative estimate of drug-likeness (QED) is 0.0411. The Bertz CT molecular complexity index is 2990. The predicted octanol–water partition coefficient (Wildman–Crippen LogP) is -15.8. The molecule has 64 heteroatoms. The summed E-state index contributed by atoms with van der Waals surface area (Å²) in [5.74, 6) is -19.0. The normalized spacial score (nSPS) is 16.1. The van der Waals surface area contributed by atoms with Gasteiger partial charge in [0.05, 0.1) is 112 Å². The number of nitrogens with zero attached hydrogens (tertiary/aromatic N) is 14. The molecule has 2 saturated heterocycles. The summed E-state index contributed by atoms with van der Waals surface area (Å²) >= 11 is 0. The second-order valence-electron chi connectivity index (χ2n) is 31.0. The fourth-order valence-electron chi connectivity index (χ4n) is 13.2. The molecule has 0 spiro atoms. The molecule has 0 bridgehead atoms. The van der Waals surface area contributed by atoms with E-state index in [1.165, 1.54) is 81.8 Å². The number of ketones is 4. The number of Topliss-reactive ketones (excluding diaryl/α,β-unsaturated/α-hetero) is 4. The van der Waals surface area contributed by atoms with E-state index in [1.807, 2.05) is 0 Å². The van der Waals surface area contributed by atoms with Crippen LogP contribution >= 0.6 is 0 Å². The van der Waals surface area contributed by atoms with Crippen molar-refractivity contribution in [2.45, 2.75) is 77.3 Å². The molecule has 4 rings (SSSR count). The third kappa shape index (κ3) is 116. The van der Waals surface area contributed by atoms with Gasteiger partial charge in [-0.2, -0.15) is 23.9 Å². The summed E-state index contributed by atoms with van der Waals surface area (Å²) < 4.78 is 0. The predicted molar refractivity (Wildman–Crippen MR) is 473 cm³/mol.